The zero-order valence-electron chi connectivity index (χ0n) is 17.2. The van der Waals surface area contributed by atoms with Gasteiger partial charge in [-0.15, -0.1) is 0 Å². The number of piperazine rings is 1. The summed E-state index contributed by atoms with van der Waals surface area (Å²) in [6, 6.07) is 13.1. The molecule has 0 radical (unpaired) electrons. The van der Waals surface area contributed by atoms with Gasteiger partial charge in [0, 0.05) is 54.1 Å². The molecule has 3 N–H and O–H groups in total. The second-order valence-corrected chi connectivity index (χ2v) is 8.02. The van der Waals surface area contributed by atoms with Crippen molar-refractivity contribution in [2.24, 2.45) is 0 Å². The molecule has 0 bridgehead atoms. The molecule has 30 heavy (non-hydrogen) atoms. The van der Waals surface area contributed by atoms with Crippen LogP contribution >= 0.6 is 0 Å². The highest BCUT2D eigenvalue weighted by molar-refractivity contribution is 5.93. The Morgan fingerprint density at radius 3 is 2.67 bits per heavy atom. The fraction of sp³-hybridized carbons (Fsp3) is 0.304. The Morgan fingerprint density at radius 2 is 1.93 bits per heavy atom. The number of likely N-dealkylation sites (N-methyl/N-ethyl adjacent to an activating group) is 1. The molecule has 0 unspecified atom stereocenters. The summed E-state index contributed by atoms with van der Waals surface area (Å²) >= 11 is 0. The van der Waals surface area contributed by atoms with Gasteiger partial charge in [0.2, 0.25) is 0 Å². The Hall–Kier alpha value is -3.16. The van der Waals surface area contributed by atoms with Crippen molar-refractivity contribution in [1.82, 2.24) is 9.88 Å². The molecule has 1 aliphatic heterocycles. The Bertz CT molecular complexity index is 1150. The van der Waals surface area contributed by atoms with Gasteiger partial charge in [-0.1, -0.05) is 11.6 Å². The first-order valence-electron chi connectivity index (χ1n) is 10.2. The fourth-order valence-electron chi connectivity index (χ4n) is 3.96. The molecule has 0 amide bonds. The van der Waals surface area contributed by atoms with E-state index in [4.69, 9.17) is 0 Å². The number of carbonyl (C=O) groups is 1. The quantitative estimate of drug-likeness (QED) is 0.566. The molecule has 2 heterocycles. The molecule has 1 aliphatic rings. The van der Waals surface area contributed by atoms with E-state index in [9.17, 15) is 14.7 Å². The third kappa shape index (κ3) is 4.22. The number of H-pyrrole nitrogens is 1. The van der Waals surface area contributed by atoms with Crippen LogP contribution < -0.4 is 20.9 Å². The van der Waals surface area contributed by atoms with Gasteiger partial charge >= 0.3 is 0 Å². The lowest BCUT2D eigenvalue weighted by atomic mass is 10.1. The number of carbonyl (C=O) groups excluding carboxylic acids is 1. The minimum Gasteiger partial charge on any atom is -0.545 e. The van der Waals surface area contributed by atoms with Crippen molar-refractivity contribution in [2.45, 2.75) is 13.5 Å². The topological polar surface area (TPSA) is 92.7 Å². The Balaban J connectivity index is 1.57. The van der Waals surface area contributed by atoms with Crippen LogP contribution in [0.4, 0.5) is 11.4 Å². The number of benzene rings is 2. The number of pyridine rings is 1. The highest BCUT2D eigenvalue weighted by Crippen LogP contribution is 2.20. The van der Waals surface area contributed by atoms with Gasteiger partial charge in [0.15, 0.2) is 0 Å². The largest absolute Gasteiger partial charge is 0.545 e. The number of hydrogen-bond donors (Lipinski definition) is 3. The van der Waals surface area contributed by atoms with E-state index in [0.717, 1.165) is 48.3 Å². The van der Waals surface area contributed by atoms with Gasteiger partial charge < -0.3 is 25.1 Å². The first-order chi connectivity index (χ1) is 14.4. The van der Waals surface area contributed by atoms with Crippen molar-refractivity contribution >= 4 is 28.2 Å². The van der Waals surface area contributed by atoms with E-state index in [1.54, 1.807) is 12.1 Å². The van der Waals surface area contributed by atoms with Crippen LogP contribution in [0, 0.1) is 6.92 Å². The standard InChI is InChI=1S/C23H26N4O3/c1-15-3-5-20-16(11-15)12-17(22(28)25-20)14-24-21-6-4-18(13-19(21)23(29)30)27-9-7-26(2)8-10-27/h3-6,11-13,24H,7-10,14H2,1-2H3,(H,25,28)(H,29,30). The summed E-state index contributed by atoms with van der Waals surface area (Å²) in [7, 11) is 2.09. The summed E-state index contributed by atoms with van der Waals surface area (Å²) in [5, 5.41) is 15.8. The maximum Gasteiger partial charge on any atom is 0.253 e. The predicted molar refractivity (Wildman–Crippen MR) is 115 cm³/mol. The predicted octanol–water partition coefficient (Wildman–Crippen LogP) is 0.274. The molecule has 0 spiro atoms. The summed E-state index contributed by atoms with van der Waals surface area (Å²) in [5.41, 5.74) is 3.77. The van der Waals surface area contributed by atoms with E-state index in [0.29, 0.717) is 11.3 Å². The van der Waals surface area contributed by atoms with Gasteiger partial charge in [-0.05, 0) is 43.6 Å². The molecule has 1 aromatic heterocycles. The van der Waals surface area contributed by atoms with E-state index < -0.39 is 5.97 Å². The highest BCUT2D eigenvalue weighted by atomic mass is 16.4. The van der Waals surface area contributed by atoms with Crippen molar-refractivity contribution in [3.63, 3.8) is 0 Å². The summed E-state index contributed by atoms with van der Waals surface area (Å²) in [5.74, 6) is -1.23. The summed E-state index contributed by atoms with van der Waals surface area (Å²) in [6.45, 7) is 6.03. The molecule has 1 saturated heterocycles. The van der Waals surface area contributed by atoms with Crippen LogP contribution in [0.5, 0.6) is 0 Å². The van der Waals surface area contributed by atoms with E-state index >= 15 is 0 Å². The minimum atomic E-state index is -1.23. The summed E-state index contributed by atoms with van der Waals surface area (Å²) in [4.78, 5) is 30.6. The number of hydrogen-bond acceptors (Lipinski definition) is 5. The number of carboxylic acid groups (broad SMARTS) is 1. The second kappa shape index (κ2) is 8.30. The van der Waals surface area contributed by atoms with Crippen LogP contribution in [0.2, 0.25) is 0 Å². The molecule has 0 aliphatic carbocycles. The molecule has 4 rings (SSSR count). The monoisotopic (exact) mass is 406 g/mol. The Labute approximate surface area is 174 Å². The molecule has 0 saturated carbocycles. The Morgan fingerprint density at radius 1 is 1.17 bits per heavy atom. The number of carboxylic acids is 1. The van der Waals surface area contributed by atoms with Gasteiger partial charge in [0.05, 0.1) is 19.1 Å². The van der Waals surface area contributed by atoms with E-state index in [-0.39, 0.29) is 17.7 Å². The number of quaternary nitrogens is 1. The molecule has 1 fully saturated rings. The first kappa shape index (κ1) is 20.1. The van der Waals surface area contributed by atoms with Gasteiger partial charge in [0.25, 0.3) is 5.56 Å². The summed E-state index contributed by atoms with van der Waals surface area (Å²) in [6.07, 6.45) is 0. The lowest BCUT2D eigenvalue weighted by Gasteiger charge is -2.29. The van der Waals surface area contributed by atoms with Crippen molar-refractivity contribution in [3.05, 3.63) is 69.5 Å². The van der Waals surface area contributed by atoms with Crippen LogP contribution in [0.15, 0.2) is 47.3 Å². The van der Waals surface area contributed by atoms with Crippen molar-refractivity contribution in [3.8, 4) is 0 Å². The second-order valence-electron chi connectivity index (χ2n) is 8.02. The van der Waals surface area contributed by atoms with E-state index in [1.807, 2.05) is 37.3 Å². The van der Waals surface area contributed by atoms with Crippen molar-refractivity contribution in [1.29, 1.82) is 0 Å². The van der Waals surface area contributed by atoms with Gasteiger partial charge in [-0.25, -0.2) is 0 Å². The van der Waals surface area contributed by atoms with Gasteiger partial charge in [0.1, 0.15) is 5.69 Å². The lowest BCUT2D eigenvalue weighted by molar-refractivity contribution is -0.838. The molecule has 7 heteroatoms. The molecule has 0 atom stereocenters. The van der Waals surface area contributed by atoms with Crippen LogP contribution in [0.3, 0.4) is 0 Å². The zero-order chi connectivity index (χ0) is 21.3. The van der Waals surface area contributed by atoms with Crippen LogP contribution in [-0.2, 0) is 6.54 Å². The number of aromatic amines is 1. The number of aromatic nitrogens is 1. The lowest BCUT2D eigenvalue weighted by Crippen LogP contribution is -3.10. The molecular formula is C23H26N4O3. The molecule has 7 nitrogen and oxygen atoms in total. The average Bonchev–Trinajstić information content (AvgIpc) is 2.73. The van der Waals surface area contributed by atoms with Crippen molar-refractivity contribution < 1.29 is 14.8 Å². The van der Waals surface area contributed by atoms with Crippen molar-refractivity contribution in [2.75, 3.05) is 38.5 Å². The number of nitrogens with one attached hydrogen (secondary N) is 3. The molecular weight excluding hydrogens is 380 g/mol. The SMILES string of the molecule is Cc1ccc2[nH]c(=O)c(CNc3ccc([NH+]4CCN(C)CC4)cc3C(=O)[O-])cc2c1. The Kier molecular flexibility index (Phi) is 5.57. The smallest absolute Gasteiger partial charge is 0.253 e. The number of rotatable bonds is 5. The van der Waals surface area contributed by atoms with E-state index in [1.165, 1.54) is 4.90 Å². The minimum absolute atomic E-state index is 0.118. The normalized spacial score (nSPS) is 15.4. The number of aromatic carboxylic acids is 1. The third-order valence-corrected chi connectivity index (χ3v) is 5.78. The van der Waals surface area contributed by atoms with E-state index in [2.05, 4.69) is 22.2 Å². The maximum absolute atomic E-state index is 12.4. The average molecular weight is 406 g/mol. The third-order valence-electron chi connectivity index (χ3n) is 5.78. The number of aryl methyl sites for hydroxylation is 1. The van der Waals surface area contributed by atoms with Crippen LogP contribution in [0.1, 0.15) is 21.5 Å². The fourth-order valence-corrected chi connectivity index (χ4v) is 3.96. The van der Waals surface area contributed by atoms with Gasteiger partial charge in [-0.3, -0.25) is 9.69 Å². The van der Waals surface area contributed by atoms with Crippen LogP contribution in [-0.4, -0.2) is 49.1 Å². The molecule has 2 aromatic carbocycles. The van der Waals surface area contributed by atoms with Gasteiger partial charge in [-0.2, -0.15) is 0 Å². The highest BCUT2D eigenvalue weighted by Gasteiger charge is 2.20. The zero-order valence-corrected chi connectivity index (χ0v) is 17.2. The maximum atomic E-state index is 12.4. The molecule has 3 aromatic rings. The first-order valence-corrected chi connectivity index (χ1v) is 10.2. The number of anilines is 1. The van der Waals surface area contributed by atoms with Crippen LogP contribution in [0.25, 0.3) is 10.9 Å². The number of nitrogens with zero attached hydrogens (tertiary/aromatic N) is 1. The summed E-state index contributed by atoms with van der Waals surface area (Å²) < 4.78 is 0. The number of fused-ring (bicyclic) bond motifs is 1. The molecule has 156 valence electrons.